The van der Waals surface area contributed by atoms with Crippen LogP contribution in [-0.2, 0) is 11.3 Å². The summed E-state index contributed by atoms with van der Waals surface area (Å²) in [6.07, 6.45) is 3.59. The van der Waals surface area contributed by atoms with Crippen LogP contribution in [0.3, 0.4) is 0 Å². The van der Waals surface area contributed by atoms with Gasteiger partial charge in [-0.15, -0.1) is 0 Å². The van der Waals surface area contributed by atoms with E-state index in [1.807, 2.05) is 57.4 Å². The zero-order valence-electron chi connectivity index (χ0n) is 13.6. The highest BCUT2D eigenvalue weighted by Crippen LogP contribution is 2.28. The van der Waals surface area contributed by atoms with Crippen LogP contribution in [0.4, 0.5) is 0 Å². The normalized spacial score (nSPS) is 13.5. The van der Waals surface area contributed by atoms with Gasteiger partial charge in [0.15, 0.2) is 0 Å². The number of carbonyl (C=O) groups excluding carboxylic acids is 1. The Morgan fingerprint density at radius 2 is 2.05 bits per heavy atom. The molecule has 0 N–H and O–H groups in total. The molecule has 0 bridgehead atoms. The van der Waals surface area contributed by atoms with Gasteiger partial charge in [0.1, 0.15) is 5.75 Å². The molecule has 0 aliphatic carbocycles. The molecule has 0 fully saturated rings. The van der Waals surface area contributed by atoms with Crippen molar-refractivity contribution < 1.29 is 9.53 Å². The fourth-order valence-corrected chi connectivity index (χ4v) is 2.53. The van der Waals surface area contributed by atoms with Crippen LogP contribution >= 0.6 is 0 Å². The molecule has 5 nitrogen and oxygen atoms in total. The average molecular weight is 301 g/mol. The molecule has 1 amide bonds. The Hall–Kier alpha value is -2.30. The highest BCUT2D eigenvalue weighted by Gasteiger charge is 2.24. The quantitative estimate of drug-likeness (QED) is 0.824. The van der Waals surface area contributed by atoms with Gasteiger partial charge in [-0.1, -0.05) is 25.1 Å². The number of hydrogen-bond donors (Lipinski definition) is 0. The smallest absolute Gasteiger partial charge is 0.227 e. The van der Waals surface area contributed by atoms with Crippen molar-refractivity contribution in [2.75, 3.05) is 14.2 Å². The summed E-state index contributed by atoms with van der Waals surface area (Å²) in [5.41, 5.74) is 1.01. The number of nitrogens with zero attached hydrogens (tertiary/aromatic N) is 3. The van der Waals surface area contributed by atoms with Gasteiger partial charge < -0.3 is 9.64 Å². The third kappa shape index (κ3) is 3.47. The van der Waals surface area contributed by atoms with E-state index in [4.69, 9.17) is 4.74 Å². The number of para-hydroxylation sites is 1. The Morgan fingerprint density at radius 1 is 1.32 bits per heavy atom. The molecule has 0 spiro atoms. The van der Waals surface area contributed by atoms with Crippen LogP contribution < -0.4 is 4.74 Å². The predicted molar refractivity (Wildman–Crippen MR) is 85.6 cm³/mol. The standard InChI is InChI=1S/C17H23N3O2/c1-13(12-20-11-7-10-18-20)17(21)19(3)14(2)15-8-5-6-9-16(15)22-4/h5-11,13-14H,12H2,1-4H3/t13-,14-/m0/s1. The van der Waals surface area contributed by atoms with Crippen LogP contribution in [0.15, 0.2) is 42.7 Å². The first-order valence-electron chi connectivity index (χ1n) is 7.41. The van der Waals surface area contributed by atoms with Crippen molar-refractivity contribution in [2.45, 2.75) is 26.4 Å². The van der Waals surface area contributed by atoms with E-state index >= 15 is 0 Å². The van der Waals surface area contributed by atoms with E-state index in [-0.39, 0.29) is 17.9 Å². The second kappa shape index (κ2) is 7.11. The minimum absolute atomic E-state index is 0.0521. The number of ether oxygens (including phenoxy) is 1. The molecule has 0 aliphatic rings. The number of benzene rings is 1. The number of hydrogen-bond acceptors (Lipinski definition) is 3. The van der Waals surface area contributed by atoms with Gasteiger partial charge in [0.05, 0.1) is 25.6 Å². The van der Waals surface area contributed by atoms with Crippen LogP contribution in [0.5, 0.6) is 5.75 Å². The molecule has 2 aromatic rings. The van der Waals surface area contributed by atoms with Crippen LogP contribution in [0, 0.1) is 5.92 Å². The van der Waals surface area contributed by atoms with Gasteiger partial charge >= 0.3 is 0 Å². The van der Waals surface area contributed by atoms with E-state index in [0.717, 1.165) is 11.3 Å². The molecule has 1 aromatic carbocycles. The second-order valence-corrected chi connectivity index (χ2v) is 5.50. The second-order valence-electron chi connectivity index (χ2n) is 5.50. The van der Waals surface area contributed by atoms with Crippen molar-refractivity contribution >= 4 is 5.91 Å². The van der Waals surface area contributed by atoms with E-state index in [9.17, 15) is 4.79 Å². The minimum Gasteiger partial charge on any atom is -0.496 e. The van der Waals surface area contributed by atoms with Gasteiger partial charge in [0.25, 0.3) is 0 Å². The summed E-state index contributed by atoms with van der Waals surface area (Å²) in [6, 6.07) is 9.60. The summed E-state index contributed by atoms with van der Waals surface area (Å²) in [5.74, 6) is 0.755. The number of amides is 1. The third-order valence-electron chi connectivity index (χ3n) is 3.96. The molecule has 22 heavy (non-hydrogen) atoms. The molecule has 1 aromatic heterocycles. The fourth-order valence-electron chi connectivity index (χ4n) is 2.53. The van der Waals surface area contributed by atoms with Crippen molar-refractivity contribution in [1.29, 1.82) is 0 Å². The molecular formula is C17H23N3O2. The van der Waals surface area contributed by atoms with E-state index in [1.165, 1.54) is 0 Å². The topological polar surface area (TPSA) is 47.4 Å². The van der Waals surface area contributed by atoms with Crippen molar-refractivity contribution in [3.05, 3.63) is 48.3 Å². The lowest BCUT2D eigenvalue weighted by Gasteiger charge is -2.29. The number of methoxy groups -OCH3 is 1. The Labute approximate surface area is 131 Å². The number of carbonyl (C=O) groups is 1. The summed E-state index contributed by atoms with van der Waals surface area (Å²) >= 11 is 0. The summed E-state index contributed by atoms with van der Waals surface area (Å²) in [5, 5.41) is 4.15. The highest BCUT2D eigenvalue weighted by atomic mass is 16.5. The molecule has 118 valence electrons. The lowest BCUT2D eigenvalue weighted by Crippen LogP contribution is -2.35. The molecule has 2 atom stereocenters. The van der Waals surface area contributed by atoms with Crippen molar-refractivity contribution in [2.24, 2.45) is 5.92 Å². The fraction of sp³-hybridized carbons (Fsp3) is 0.412. The lowest BCUT2D eigenvalue weighted by molar-refractivity contribution is -0.136. The van der Waals surface area contributed by atoms with Gasteiger partial charge in [0.2, 0.25) is 5.91 Å². The van der Waals surface area contributed by atoms with Gasteiger partial charge in [0, 0.05) is 25.0 Å². The lowest BCUT2D eigenvalue weighted by atomic mass is 10.0. The predicted octanol–water partition coefficient (Wildman–Crippen LogP) is 2.75. The van der Waals surface area contributed by atoms with E-state index in [2.05, 4.69) is 5.10 Å². The molecule has 0 unspecified atom stereocenters. The Balaban J connectivity index is 2.09. The first-order chi connectivity index (χ1) is 10.5. The Morgan fingerprint density at radius 3 is 2.68 bits per heavy atom. The summed E-state index contributed by atoms with van der Waals surface area (Å²) in [4.78, 5) is 14.4. The minimum atomic E-state index is -0.137. The number of rotatable bonds is 6. The van der Waals surface area contributed by atoms with Gasteiger partial charge in [-0.3, -0.25) is 9.48 Å². The van der Waals surface area contributed by atoms with Crippen LogP contribution in [0.1, 0.15) is 25.5 Å². The maximum Gasteiger partial charge on any atom is 0.227 e. The summed E-state index contributed by atoms with van der Waals surface area (Å²) in [6.45, 7) is 4.51. The van der Waals surface area contributed by atoms with Crippen molar-refractivity contribution in [3.63, 3.8) is 0 Å². The molecule has 5 heteroatoms. The van der Waals surface area contributed by atoms with Crippen LogP contribution in [-0.4, -0.2) is 34.7 Å². The summed E-state index contributed by atoms with van der Waals surface area (Å²) < 4.78 is 7.17. The Bertz CT molecular complexity index is 610. The first-order valence-corrected chi connectivity index (χ1v) is 7.41. The molecular weight excluding hydrogens is 278 g/mol. The maximum atomic E-state index is 12.6. The third-order valence-corrected chi connectivity index (χ3v) is 3.96. The molecule has 1 heterocycles. The van der Waals surface area contributed by atoms with Gasteiger partial charge in [-0.2, -0.15) is 5.10 Å². The molecule has 2 rings (SSSR count). The molecule has 0 aliphatic heterocycles. The largest absolute Gasteiger partial charge is 0.496 e. The molecule has 0 radical (unpaired) electrons. The zero-order valence-corrected chi connectivity index (χ0v) is 13.6. The van der Waals surface area contributed by atoms with Crippen LogP contribution in [0.2, 0.25) is 0 Å². The molecule has 0 saturated heterocycles. The summed E-state index contributed by atoms with van der Waals surface area (Å²) in [7, 11) is 3.48. The monoisotopic (exact) mass is 301 g/mol. The van der Waals surface area contributed by atoms with Gasteiger partial charge in [-0.05, 0) is 19.1 Å². The van der Waals surface area contributed by atoms with E-state index in [1.54, 1.807) is 22.9 Å². The average Bonchev–Trinajstić information content (AvgIpc) is 3.05. The maximum absolute atomic E-state index is 12.6. The molecule has 0 saturated carbocycles. The highest BCUT2D eigenvalue weighted by molar-refractivity contribution is 5.78. The first kappa shape index (κ1) is 16.1. The van der Waals surface area contributed by atoms with E-state index < -0.39 is 0 Å². The number of aromatic nitrogens is 2. The SMILES string of the molecule is COc1ccccc1[C@H](C)N(C)C(=O)[C@@H](C)Cn1cccn1. The zero-order chi connectivity index (χ0) is 16.1. The van der Waals surface area contributed by atoms with Crippen molar-refractivity contribution in [1.82, 2.24) is 14.7 Å². The van der Waals surface area contributed by atoms with Gasteiger partial charge in [-0.25, -0.2) is 0 Å². The van der Waals surface area contributed by atoms with E-state index in [0.29, 0.717) is 6.54 Å². The van der Waals surface area contributed by atoms with Crippen molar-refractivity contribution in [3.8, 4) is 5.75 Å². The Kier molecular flexibility index (Phi) is 5.20. The van der Waals surface area contributed by atoms with Crippen LogP contribution in [0.25, 0.3) is 0 Å².